The minimum atomic E-state index is -0.846. The Morgan fingerprint density at radius 3 is 3.14 bits per heavy atom. The summed E-state index contributed by atoms with van der Waals surface area (Å²) in [6, 6.07) is 0. The third kappa shape index (κ3) is 3.13. The van der Waals surface area contributed by atoms with Gasteiger partial charge in [0.15, 0.2) is 5.82 Å². The van der Waals surface area contributed by atoms with Crippen LogP contribution in [0.3, 0.4) is 0 Å². The molecule has 0 radical (unpaired) electrons. The molecule has 0 aromatic carbocycles. The molecular weight excluding hydrogens is 188 g/mol. The van der Waals surface area contributed by atoms with Crippen molar-refractivity contribution in [3.8, 4) is 0 Å². The van der Waals surface area contributed by atoms with Crippen molar-refractivity contribution in [1.82, 2.24) is 9.97 Å². The van der Waals surface area contributed by atoms with Gasteiger partial charge in [-0.1, -0.05) is 0 Å². The van der Waals surface area contributed by atoms with E-state index in [1.54, 1.807) is 0 Å². The van der Waals surface area contributed by atoms with Crippen LogP contribution in [0.5, 0.6) is 0 Å². The number of nitrogens with one attached hydrogen (secondary N) is 2. The Hall–Kier alpha value is -2.05. The lowest BCUT2D eigenvalue weighted by Crippen LogP contribution is -2.21. The minimum Gasteiger partial charge on any atom is -0.448 e. The van der Waals surface area contributed by atoms with Crippen LogP contribution in [0.1, 0.15) is 0 Å². The van der Waals surface area contributed by atoms with E-state index in [0.29, 0.717) is 0 Å². The highest BCUT2D eigenvalue weighted by molar-refractivity contribution is 5.64. The second-order valence-corrected chi connectivity index (χ2v) is 2.36. The standard InChI is InChI=1S/C7H10N4O3/c8-7(13)14-4-3-10-5-6(12)11-2-1-9-5/h1-2H,3-4H2,(H2,8,13)(H,9,10)(H,11,12). The van der Waals surface area contributed by atoms with E-state index in [2.05, 4.69) is 20.0 Å². The van der Waals surface area contributed by atoms with Gasteiger partial charge in [-0.2, -0.15) is 0 Å². The van der Waals surface area contributed by atoms with Gasteiger partial charge in [0.2, 0.25) is 0 Å². The van der Waals surface area contributed by atoms with Gasteiger partial charge in [0, 0.05) is 12.4 Å². The van der Waals surface area contributed by atoms with E-state index in [1.807, 2.05) is 0 Å². The summed E-state index contributed by atoms with van der Waals surface area (Å²) < 4.78 is 4.44. The van der Waals surface area contributed by atoms with Crippen LogP contribution < -0.4 is 16.6 Å². The van der Waals surface area contributed by atoms with E-state index in [4.69, 9.17) is 5.73 Å². The third-order valence-corrected chi connectivity index (χ3v) is 1.35. The number of nitrogens with two attached hydrogens (primary N) is 1. The van der Waals surface area contributed by atoms with Gasteiger partial charge in [-0.3, -0.25) is 4.79 Å². The molecule has 0 fully saturated rings. The molecule has 1 heterocycles. The molecule has 0 saturated heterocycles. The number of rotatable bonds is 4. The monoisotopic (exact) mass is 198 g/mol. The molecular formula is C7H10N4O3. The summed E-state index contributed by atoms with van der Waals surface area (Å²) in [6.45, 7) is 0.369. The Kier molecular flexibility index (Phi) is 3.48. The van der Waals surface area contributed by atoms with Gasteiger partial charge in [-0.05, 0) is 0 Å². The van der Waals surface area contributed by atoms with E-state index in [-0.39, 0.29) is 24.5 Å². The molecule has 0 spiro atoms. The molecule has 0 unspecified atom stereocenters. The normalized spacial score (nSPS) is 9.43. The fourth-order valence-corrected chi connectivity index (χ4v) is 0.799. The zero-order chi connectivity index (χ0) is 10.4. The zero-order valence-corrected chi connectivity index (χ0v) is 7.32. The van der Waals surface area contributed by atoms with Crippen molar-refractivity contribution in [2.75, 3.05) is 18.5 Å². The first kappa shape index (κ1) is 10.0. The second kappa shape index (κ2) is 4.85. The van der Waals surface area contributed by atoms with Crippen LogP contribution in [0.15, 0.2) is 17.2 Å². The number of primary amides is 1. The Morgan fingerprint density at radius 1 is 1.71 bits per heavy atom. The molecule has 0 aliphatic heterocycles. The van der Waals surface area contributed by atoms with Crippen LogP contribution in [0, 0.1) is 0 Å². The lowest BCUT2D eigenvalue weighted by molar-refractivity contribution is 0.161. The van der Waals surface area contributed by atoms with Crippen molar-refractivity contribution in [1.29, 1.82) is 0 Å². The molecule has 0 aliphatic carbocycles. The number of hydrogen-bond acceptors (Lipinski definition) is 5. The highest BCUT2D eigenvalue weighted by atomic mass is 16.5. The van der Waals surface area contributed by atoms with E-state index in [0.717, 1.165) is 0 Å². The molecule has 0 saturated carbocycles. The summed E-state index contributed by atoms with van der Waals surface area (Å²) in [5.74, 6) is 0.181. The van der Waals surface area contributed by atoms with Crippen LogP contribution in [-0.2, 0) is 4.74 Å². The Bertz CT molecular complexity index is 362. The van der Waals surface area contributed by atoms with Gasteiger partial charge in [0.05, 0.1) is 6.54 Å². The molecule has 76 valence electrons. The zero-order valence-electron chi connectivity index (χ0n) is 7.32. The topological polar surface area (TPSA) is 110 Å². The molecule has 1 rings (SSSR count). The third-order valence-electron chi connectivity index (χ3n) is 1.35. The summed E-state index contributed by atoms with van der Waals surface area (Å²) >= 11 is 0. The smallest absolute Gasteiger partial charge is 0.404 e. The van der Waals surface area contributed by atoms with E-state index in [1.165, 1.54) is 12.4 Å². The number of amides is 1. The fraction of sp³-hybridized carbons (Fsp3) is 0.286. The fourth-order valence-electron chi connectivity index (χ4n) is 0.799. The number of hydrogen-bond donors (Lipinski definition) is 3. The maximum absolute atomic E-state index is 11.0. The van der Waals surface area contributed by atoms with Crippen molar-refractivity contribution < 1.29 is 9.53 Å². The average Bonchev–Trinajstić information content (AvgIpc) is 2.15. The van der Waals surface area contributed by atoms with Crippen molar-refractivity contribution >= 4 is 11.9 Å². The van der Waals surface area contributed by atoms with E-state index >= 15 is 0 Å². The van der Waals surface area contributed by atoms with Gasteiger partial charge in [0.1, 0.15) is 6.61 Å². The van der Waals surface area contributed by atoms with Crippen LogP contribution in [-0.4, -0.2) is 29.2 Å². The second-order valence-electron chi connectivity index (χ2n) is 2.36. The molecule has 7 nitrogen and oxygen atoms in total. The molecule has 1 aromatic heterocycles. The first-order valence-electron chi connectivity index (χ1n) is 3.90. The average molecular weight is 198 g/mol. The van der Waals surface area contributed by atoms with Crippen molar-refractivity contribution in [3.63, 3.8) is 0 Å². The summed E-state index contributed by atoms with van der Waals surface area (Å²) in [5, 5.41) is 2.68. The lowest BCUT2D eigenvalue weighted by atomic mass is 10.6. The summed E-state index contributed by atoms with van der Waals surface area (Å²) in [5.41, 5.74) is 4.40. The van der Waals surface area contributed by atoms with Crippen LogP contribution in [0.4, 0.5) is 10.6 Å². The van der Waals surface area contributed by atoms with Gasteiger partial charge in [0.25, 0.3) is 5.56 Å². The number of carbonyl (C=O) groups is 1. The molecule has 0 atom stereocenters. The maximum Gasteiger partial charge on any atom is 0.404 e. The predicted molar refractivity (Wildman–Crippen MR) is 48.9 cm³/mol. The molecule has 4 N–H and O–H groups in total. The Balaban J connectivity index is 2.35. The van der Waals surface area contributed by atoms with Crippen LogP contribution in [0.2, 0.25) is 0 Å². The number of nitrogens with zero attached hydrogens (tertiary/aromatic N) is 1. The molecule has 1 amide bonds. The minimum absolute atomic E-state index is 0.0886. The van der Waals surface area contributed by atoms with Gasteiger partial charge < -0.3 is 20.8 Å². The quantitative estimate of drug-likeness (QED) is 0.553. The largest absolute Gasteiger partial charge is 0.448 e. The predicted octanol–water partition coefficient (Wildman–Crippen LogP) is -0.723. The number of ether oxygens (including phenoxy) is 1. The van der Waals surface area contributed by atoms with Gasteiger partial charge >= 0.3 is 6.09 Å². The van der Waals surface area contributed by atoms with Crippen molar-refractivity contribution in [3.05, 3.63) is 22.7 Å². The summed E-state index contributed by atoms with van der Waals surface area (Å²) in [7, 11) is 0. The van der Waals surface area contributed by atoms with E-state index < -0.39 is 6.09 Å². The number of aromatic amines is 1. The summed E-state index contributed by atoms with van der Waals surface area (Å²) in [6.07, 6.45) is 2.02. The molecule has 7 heteroatoms. The number of H-pyrrole nitrogens is 1. The lowest BCUT2D eigenvalue weighted by Gasteiger charge is -2.03. The van der Waals surface area contributed by atoms with Gasteiger partial charge in [-0.15, -0.1) is 0 Å². The molecule has 14 heavy (non-hydrogen) atoms. The maximum atomic E-state index is 11.0. The number of anilines is 1. The highest BCUT2D eigenvalue weighted by Gasteiger charge is 1.98. The first-order chi connectivity index (χ1) is 6.70. The van der Waals surface area contributed by atoms with Crippen LogP contribution >= 0.6 is 0 Å². The van der Waals surface area contributed by atoms with Crippen molar-refractivity contribution in [2.24, 2.45) is 5.73 Å². The summed E-state index contributed by atoms with van der Waals surface area (Å²) in [4.78, 5) is 27.4. The molecule has 0 bridgehead atoms. The molecule has 0 aliphatic rings. The number of aromatic nitrogens is 2. The SMILES string of the molecule is NC(=O)OCCNc1ncc[nH]c1=O. The Morgan fingerprint density at radius 2 is 2.50 bits per heavy atom. The van der Waals surface area contributed by atoms with E-state index in [9.17, 15) is 9.59 Å². The van der Waals surface area contributed by atoms with Crippen LogP contribution in [0.25, 0.3) is 0 Å². The molecule has 1 aromatic rings. The first-order valence-corrected chi connectivity index (χ1v) is 3.90. The number of carbonyl (C=O) groups excluding carboxylic acids is 1. The highest BCUT2D eigenvalue weighted by Crippen LogP contribution is 1.88. The van der Waals surface area contributed by atoms with Crippen molar-refractivity contribution in [2.45, 2.75) is 0 Å². The Labute approximate surface area is 79.3 Å². The van der Waals surface area contributed by atoms with Gasteiger partial charge in [-0.25, -0.2) is 9.78 Å².